The zero-order chi connectivity index (χ0) is 11.9. The fourth-order valence-electron chi connectivity index (χ4n) is 2.76. The van der Waals surface area contributed by atoms with Gasteiger partial charge in [-0.1, -0.05) is 12.8 Å². The molecule has 0 radical (unpaired) electrons. The van der Waals surface area contributed by atoms with Gasteiger partial charge >= 0.3 is 0 Å². The van der Waals surface area contributed by atoms with Crippen LogP contribution in [0, 0.1) is 6.92 Å². The van der Waals surface area contributed by atoms with Crippen molar-refractivity contribution < 1.29 is 0 Å². The zero-order valence-electron chi connectivity index (χ0n) is 10.2. The van der Waals surface area contributed by atoms with Gasteiger partial charge in [0.15, 0.2) is 5.65 Å². The van der Waals surface area contributed by atoms with Gasteiger partial charge in [0.1, 0.15) is 5.82 Å². The Labute approximate surface area is 101 Å². The van der Waals surface area contributed by atoms with E-state index in [0.717, 1.165) is 36.3 Å². The van der Waals surface area contributed by atoms with E-state index in [-0.39, 0.29) is 5.54 Å². The Hall–Kier alpha value is -1.42. The number of H-pyrrole nitrogens is 1. The summed E-state index contributed by atoms with van der Waals surface area (Å²) in [6.07, 6.45) is 7.34. The van der Waals surface area contributed by atoms with Crippen LogP contribution in [0.1, 0.15) is 37.1 Å². The number of aryl methyl sites for hydroxylation is 1. The van der Waals surface area contributed by atoms with Gasteiger partial charge in [0.2, 0.25) is 0 Å². The third-order valence-electron chi connectivity index (χ3n) is 3.77. The summed E-state index contributed by atoms with van der Waals surface area (Å²) in [5.41, 5.74) is 9.36. The number of hydrogen-bond donors (Lipinski definition) is 2. The first-order valence-electron chi connectivity index (χ1n) is 6.25. The average Bonchev–Trinajstić information content (AvgIpc) is 2.86. The molecule has 1 saturated carbocycles. The number of fused-ring (bicyclic) bond motifs is 1. The van der Waals surface area contributed by atoms with Crippen molar-refractivity contribution >= 4 is 11.2 Å². The Bertz CT molecular complexity index is 537. The minimum Gasteiger partial charge on any atom is -0.340 e. The topological polar surface area (TPSA) is 67.6 Å². The van der Waals surface area contributed by atoms with Gasteiger partial charge in [0, 0.05) is 18.2 Å². The third-order valence-corrected chi connectivity index (χ3v) is 3.77. The fourth-order valence-corrected chi connectivity index (χ4v) is 2.76. The van der Waals surface area contributed by atoms with Gasteiger partial charge in [-0.2, -0.15) is 0 Å². The summed E-state index contributed by atoms with van der Waals surface area (Å²) in [7, 11) is 0. The first-order valence-corrected chi connectivity index (χ1v) is 6.25. The van der Waals surface area contributed by atoms with E-state index in [4.69, 9.17) is 5.73 Å². The Balaban J connectivity index is 1.93. The molecule has 4 heteroatoms. The Kier molecular flexibility index (Phi) is 2.40. The molecule has 90 valence electrons. The minimum atomic E-state index is -0.0538. The highest BCUT2D eigenvalue weighted by Crippen LogP contribution is 2.30. The Morgan fingerprint density at radius 3 is 2.88 bits per heavy atom. The van der Waals surface area contributed by atoms with Crippen molar-refractivity contribution in [2.75, 3.05) is 0 Å². The van der Waals surface area contributed by atoms with E-state index in [0.29, 0.717) is 0 Å². The van der Waals surface area contributed by atoms with Crippen molar-refractivity contribution in [3.8, 4) is 0 Å². The minimum absolute atomic E-state index is 0.0538. The molecule has 0 aromatic carbocycles. The maximum Gasteiger partial charge on any atom is 0.177 e. The summed E-state index contributed by atoms with van der Waals surface area (Å²) in [6, 6.07) is 2.00. The smallest absolute Gasteiger partial charge is 0.177 e. The summed E-state index contributed by atoms with van der Waals surface area (Å²) in [5.74, 6) is 0.978. The molecule has 17 heavy (non-hydrogen) atoms. The normalized spacial score (nSPS) is 18.9. The highest BCUT2D eigenvalue weighted by atomic mass is 15.0. The molecule has 0 bridgehead atoms. The molecule has 0 saturated heterocycles. The number of hydrogen-bond acceptors (Lipinski definition) is 3. The van der Waals surface area contributed by atoms with Crippen molar-refractivity contribution in [1.29, 1.82) is 0 Å². The van der Waals surface area contributed by atoms with Gasteiger partial charge in [-0.3, -0.25) is 0 Å². The molecular formula is C13H18N4. The van der Waals surface area contributed by atoms with Crippen LogP contribution in [-0.4, -0.2) is 20.5 Å². The molecule has 0 atom stereocenters. The first kappa shape index (κ1) is 10.7. The highest BCUT2D eigenvalue weighted by Gasteiger charge is 2.30. The standard InChI is InChI=1S/C13H18N4/c1-9-4-7-15-12-11(9)16-10(17-12)8-13(14)5-2-3-6-13/h4,7H,2-3,5-6,8,14H2,1H3,(H,15,16,17). The predicted octanol–water partition coefficient (Wildman–Crippen LogP) is 2.08. The van der Waals surface area contributed by atoms with E-state index in [1.54, 1.807) is 6.20 Å². The van der Waals surface area contributed by atoms with E-state index in [1.807, 2.05) is 6.07 Å². The molecule has 3 rings (SSSR count). The van der Waals surface area contributed by atoms with Gasteiger partial charge in [-0.25, -0.2) is 9.97 Å². The molecule has 3 N–H and O–H groups in total. The van der Waals surface area contributed by atoms with Gasteiger partial charge in [0.05, 0.1) is 5.52 Å². The van der Waals surface area contributed by atoms with Crippen LogP contribution in [0.25, 0.3) is 11.2 Å². The van der Waals surface area contributed by atoms with Crippen LogP contribution in [0.5, 0.6) is 0 Å². The number of rotatable bonds is 2. The molecule has 2 aromatic rings. The summed E-state index contributed by atoms with van der Waals surface area (Å²) in [5, 5.41) is 0. The first-order chi connectivity index (χ1) is 8.16. The lowest BCUT2D eigenvalue weighted by Crippen LogP contribution is -2.39. The maximum atomic E-state index is 6.37. The summed E-state index contributed by atoms with van der Waals surface area (Å²) in [4.78, 5) is 12.2. The lowest BCUT2D eigenvalue weighted by molar-refractivity contribution is 0.428. The van der Waals surface area contributed by atoms with Crippen molar-refractivity contribution in [3.63, 3.8) is 0 Å². The van der Waals surface area contributed by atoms with Crippen molar-refractivity contribution in [2.45, 2.75) is 44.6 Å². The second kappa shape index (κ2) is 3.81. The molecule has 2 heterocycles. The number of imidazole rings is 1. The molecule has 0 amide bonds. The molecule has 0 aliphatic heterocycles. The Morgan fingerprint density at radius 2 is 2.18 bits per heavy atom. The number of aromatic amines is 1. The van der Waals surface area contributed by atoms with Crippen LogP contribution in [-0.2, 0) is 6.42 Å². The van der Waals surface area contributed by atoms with Gasteiger partial charge < -0.3 is 10.7 Å². The van der Waals surface area contributed by atoms with Gasteiger partial charge in [0.25, 0.3) is 0 Å². The average molecular weight is 230 g/mol. The van der Waals surface area contributed by atoms with E-state index in [2.05, 4.69) is 21.9 Å². The quantitative estimate of drug-likeness (QED) is 0.830. The number of aromatic nitrogens is 3. The molecule has 1 fully saturated rings. The predicted molar refractivity (Wildman–Crippen MR) is 67.7 cm³/mol. The van der Waals surface area contributed by atoms with Crippen LogP contribution in [0.2, 0.25) is 0 Å². The number of nitrogens with two attached hydrogens (primary N) is 1. The molecular weight excluding hydrogens is 212 g/mol. The zero-order valence-corrected chi connectivity index (χ0v) is 10.2. The van der Waals surface area contributed by atoms with Crippen molar-refractivity contribution in [1.82, 2.24) is 15.0 Å². The molecule has 4 nitrogen and oxygen atoms in total. The molecule has 2 aromatic heterocycles. The summed E-state index contributed by atoms with van der Waals surface area (Å²) >= 11 is 0. The van der Waals surface area contributed by atoms with Crippen molar-refractivity contribution in [3.05, 3.63) is 23.7 Å². The van der Waals surface area contributed by atoms with E-state index in [9.17, 15) is 0 Å². The third kappa shape index (κ3) is 1.93. The van der Waals surface area contributed by atoms with Crippen LogP contribution in [0.15, 0.2) is 12.3 Å². The second-order valence-electron chi connectivity index (χ2n) is 5.26. The van der Waals surface area contributed by atoms with Crippen molar-refractivity contribution in [2.24, 2.45) is 5.73 Å². The molecule has 0 spiro atoms. The van der Waals surface area contributed by atoms with E-state index >= 15 is 0 Å². The van der Waals surface area contributed by atoms with Crippen LogP contribution in [0.4, 0.5) is 0 Å². The molecule has 1 aliphatic carbocycles. The SMILES string of the molecule is Cc1ccnc2nc(CC3(N)CCCC3)[nH]c12. The van der Waals surface area contributed by atoms with Crippen LogP contribution < -0.4 is 5.73 Å². The fraction of sp³-hybridized carbons (Fsp3) is 0.538. The van der Waals surface area contributed by atoms with Gasteiger partial charge in [-0.05, 0) is 31.4 Å². The van der Waals surface area contributed by atoms with E-state index in [1.165, 1.54) is 18.4 Å². The largest absolute Gasteiger partial charge is 0.340 e. The number of nitrogens with zero attached hydrogens (tertiary/aromatic N) is 2. The summed E-state index contributed by atoms with van der Waals surface area (Å²) < 4.78 is 0. The maximum absolute atomic E-state index is 6.37. The second-order valence-corrected chi connectivity index (χ2v) is 5.26. The van der Waals surface area contributed by atoms with Crippen LogP contribution in [0.3, 0.4) is 0 Å². The lowest BCUT2D eigenvalue weighted by Gasteiger charge is -2.21. The lowest BCUT2D eigenvalue weighted by atomic mass is 9.94. The van der Waals surface area contributed by atoms with E-state index < -0.39 is 0 Å². The number of nitrogens with one attached hydrogen (secondary N) is 1. The van der Waals surface area contributed by atoms with Crippen LogP contribution >= 0.6 is 0 Å². The highest BCUT2D eigenvalue weighted by molar-refractivity contribution is 5.74. The summed E-state index contributed by atoms with van der Waals surface area (Å²) in [6.45, 7) is 2.07. The molecule has 0 unspecified atom stereocenters. The Morgan fingerprint density at radius 1 is 1.41 bits per heavy atom. The monoisotopic (exact) mass is 230 g/mol. The number of pyridine rings is 1. The van der Waals surface area contributed by atoms with Gasteiger partial charge in [-0.15, -0.1) is 0 Å². The molecule has 1 aliphatic rings.